The minimum absolute atomic E-state index is 0.643. The second kappa shape index (κ2) is 6.95. The minimum atomic E-state index is 0.643. The fourth-order valence-corrected chi connectivity index (χ4v) is 2.92. The number of nitrogens with two attached hydrogens (primary N) is 1. The number of methoxy groups -OCH3 is 2. The zero-order valence-corrected chi connectivity index (χ0v) is 12.8. The molecule has 2 rings (SSSR count). The smallest absolute Gasteiger partial charge is 0.161 e. The Hall–Kier alpha value is -1.26. The summed E-state index contributed by atoms with van der Waals surface area (Å²) >= 11 is 0. The van der Waals surface area contributed by atoms with Gasteiger partial charge in [-0.25, -0.2) is 0 Å². The van der Waals surface area contributed by atoms with Gasteiger partial charge in [0.15, 0.2) is 11.5 Å². The quantitative estimate of drug-likeness (QED) is 0.897. The average molecular weight is 278 g/mol. The van der Waals surface area contributed by atoms with E-state index in [-0.39, 0.29) is 0 Å². The molecule has 1 saturated heterocycles. The summed E-state index contributed by atoms with van der Waals surface area (Å²) in [7, 11) is 3.36. The maximum atomic E-state index is 5.81. The fraction of sp³-hybridized carbons (Fsp3) is 0.625. The van der Waals surface area contributed by atoms with E-state index >= 15 is 0 Å². The van der Waals surface area contributed by atoms with Gasteiger partial charge in [0.1, 0.15) is 0 Å². The van der Waals surface area contributed by atoms with E-state index in [0.29, 0.717) is 5.92 Å². The first-order chi connectivity index (χ1) is 9.67. The molecule has 1 aromatic carbocycles. The Labute approximate surface area is 121 Å². The molecule has 0 aromatic heterocycles. The van der Waals surface area contributed by atoms with Crippen LogP contribution in [0, 0.1) is 12.8 Å². The standard InChI is InChI=1S/C16H26N2O2/c1-12-7-15(19-2)16(20-3)8-14(12)11-18-6-4-5-13(9-17)10-18/h7-8,13H,4-6,9-11,17H2,1-3H3. The molecule has 4 heteroatoms. The zero-order valence-electron chi connectivity index (χ0n) is 12.8. The van der Waals surface area contributed by atoms with E-state index in [1.54, 1.807) is 14.2 Å². The fourth-order valence-electron chi connectivity index (χ4n) is 2.92. The first kappa shape index (κ1) is 15.1. The topological polar surface area (TPSA) is 47.7 Å². The summed E-state index contributed by atoms with van der Waals surface area (Å²) in [5, 5.41) is 0. The minimum Gasteiger partial charge on any atom is -0.493 e. The molecular weight excluding hydrogens is 252 g/mol. The van der Waals surface area contributed by atoms with Crippen molar-refractivity contribution in [3.63, 3.8) is 0 Å². The number of hydrogen-bond donors (Lipinski definition) is 1. The molecule has 0 bridgehead atoms. The maximum Gasteiger partial charge on any atom is 0.161 e. The van der Waals surface area contributed by atoms with E-state index in [9.17, 15) is 0 Å². The number of ether oxygens (including phenoxy) is 2. The van der Waals surface area contributed by atoms with E-state index < -0.39 is 0 Å². The average Bonchev–Trinajstić information content (AvgIpc) is 2.49. The van der Waals surface area contributed by atoms with Gasteiger partial charge < -0.3 is 15.2 Å². The molecule has 1 unspecified atom stereocenters. The number of aryl methyl sites for hydroxylation is 1. The molecular formula is C16H26N2O2. The highest BCUT2D eigenvalue weighted by Crippen LogP contribution is 2.31. The van der Waals surface area contributed by atoms with Gasteiger partial charge in [0, 0.05) is 13.1 Å². The predicted octanol–water partition coefficient (Wildman–Crippen LogP) is 2.18. The van der Waals surface area contributed by atoms with Crippen LogP contribution >= 0.6 is 0 Å². The van der Waals surface area contributed by atoms with Gasteiger partial charge in [-0.3, -0.25) is 4.90 Å². The summed E-state index contributed by atoms with van der Waals surface area (Å²) in [6.45, 7) is 6.14. The third-order valence-electron chi connectivity index (χ3n) is 4.17. The number of rotatable bonds is 5. The van der Waals surface area contributed by atoms with Gasteiger partial charge in [-0.15, -0.1) is 0 Å². The van der Waals surface area contributed by atoms with Gasteiger partial charge in [0.25, 0.3) is 0 Å². The highest BCUT2D eigenvalue weighted by atomic mass is 16.5. The summed E-state index contributed by atoms with van der Waals surface area (Å²) in [6, 6.07) is 4.15. The molecule has 20 heavy (non-hydrogen) atoms. The van der Waals surface area contributed by atoms with Crippen LogP contribution in [0.2, 0.25) is 0 Å². The lowest BCUT2D eigenvalue weighted by Crippen LogP contribution is -2.37. The summed E-state index contributed by atoms with van der Waals surface area (Å²) < 4.78 is 10.7. The van der Waals surface area contributed by atoms with Crippen LogP contribution < -0.4 is 15.2 Å². The Morgan fingerprint density at radius 1 is 1.25 bits per heavy atom. The van der Waals surface area contributed by atoms with E-state index in [2.05, 4.69) is 24.0 Å². The van der Waals surface area contributed by atoms with Crippen LogP contribution in [0.5, 0.6) is 11.5 Å². The van der Waals surface area contributed by atoms with Crippen LogP contribution in [0.25, 0.3) is 0 Å². The van der Waals surface area contributed by atoms with Crippen LogP contribution in [0.4, 0.5) is 0 Å². The van der Waals surface area contributed by atoms with Gasteiger partial charge in [-0.1, -0.05) is 0 Å². The molecule has 112 valence electrons. The van der Waals surface area contributed by atoms with Gasteiger partial charge in [0.2, 0.25) is 0 Å². The number of hydrogen-bond acceptors (Lipinski definition) is 4. The van der Waals surface area contributed by atoms with Crippen molar-refractivity contribution in [1.82, 2.24) is 4.90 Å². The Bertz CT molecular complexity index is 448. The van der Waals surface area contributed by atoms with Crippen molar-refractivity contribution in [3.05, 3.63) is 23.3 Å². The molecule has 4 nitrogen and oxygen atoms in total. The number of nitrogens with zero attached hydrogens (tertiary/aromatic N) is 1. The second-order valence-corrected chi connectivity index (χ2v) is 5.61. The Morgan fingerprint density at radius 2 is 1.95 bits per heavy atom. The third-order valence-corrected chi connectivity index (χ3v) is 4.17. The zero-order chi connectivity index (χ0) is 14.5. The van der Waals surface area contributed by atoms with Crippen LogP contribution in [-0.2, 0) is 6.54 Å². The van der Waals surface area contributed by atoms with Gasteiger partial charge in [0.05, 0.1) is 14.2 Å². The molecule has 1 aliphatic heterocycles. The van der Waals surface area contributed by atoms with Crippen molar-refractivity contribution < 1.29 is 9.47 Å². The van der Waals surface area contributed by atoms with Crippen LogP contribution in [0.3, 0.4) is 0 Å². The first-order valence-electron chi connectivity index (χ1n) is 7.31. The number of piperidine rings is 1. The molecule has 1 atom stereocenters. The Kier molecular flexibility index (Phi) is 5.26. The van der Waals surface area contributed by atoms with E-state index in [0.717, 1.165) is 37.7 Å². The number of benzene rings is 1. The van der Waals surface area contributed by atoms with Crippen LogP contribution in [0.1, 0.15) is 24.0 Å². The molecule has 0 radical (unpaired) electrons. The highest BCUT2D eigenvalue weighted by Gasteiger charge is 2.20. The van der Waals surface area contributed by atoms with Gasteiger partial charge >= 0.3 is 0 Å². The van der Waals surface area contributed by atoms with Crippen LogP contribution in [0.15, 0.2) is 12.1 Å². The van der Waals surface area contributed by atoms with Crippen molar-refractivity contribution in [1.29, 1.82) is 0 Å². The molecule has 1 heterocycles. The largest absolute Gasteiger partial charge is 0.493 e. The Balaban J connectivity index is 2.12. The summed E-state index contributed by atoms with van der Waals surface area (Å²) in [4.78, 5) is 2.50. The van der Waals surface area contributed by atoms with Gasteiger partial charge in [-0.2, -0.15) is 0 Å². The van der Waals surface area contributed by atoms with E-state index in [1.165, 1.54) is 24.0 Å². The first-order valence-corrected chi connectivity index (χ1v) is 7.31. The Morgan fingerprint density at radius 3 is 2.60 bits per heavy atom. The van der Waals surface area contributed by atoms with Gasteiger partial charge in [-0.05, 0) is 62.0 Å². The van der Waals surface area contributed by atoms with Crippen molar-refractivity contribution in [2.24, 2.45) is 11.7 Å². The van der Waals surface area contributed by atoms with E-state index in [1.807, 2.05) is 0 Å². The third kappa shape index (κ3) is 3.44. The molecule has 0 amide bonds. The molecule has 0 spiro atoms. The molecule has 1 aromatic rings. The van der Waals surface area contributed by atoms with Crippen molar-refractivity contribution in [2.75, 3.05) is 33.9 Å². The summed E-state index contributed by atoms with van der Waals surface area (Å²) in [5.74, 6) is 2.25. The molecule has 2 N–H and O–H groups in total. The van der Waals surface area contributed by atoms with Crippen LogP contribution in [-0.4, -0.2) is 38.8 Å². The van der Waals surface area contributed by atoms with Crippen molar-refractivity contribution in [2.45, 2.75) is 26.3 Å². The van der Waals surface area contributed by atoms with Crippen molar-refractivity contribution in [3.8, 4) is 11.5 Å². The maximum absolute atomic E-state index is 5.81. The van der Waals surface area contributed by atoms with E-state index in [4.69, 9.17) is 15.2 Å². The normalized spacial score (nSPS) is 19.9. The highest BCUT2D eigenvalue weighted by molar-refractivity contribution is 5.47. The lowest BCUT2D eigenvalue weighted by molar-refractivity contribution is 0.170. The van der Waals surface area contributed by atoms with Crippen molar-refractivity contribution >= 4 is 0 Å². The number of likely N-dealkylation sites (tertiary alicyclic amines) is 1. The molecule has 1 fully saturated rings. The second-order valence-electron chi connectivity index (χ2n) is 5.61. The monoisotopic (exact) mass is 278 g/mol. The lowest BCUT2D eigenvalue weighted by Gasteiger charge is -2.32. The summed E-state index contributed by atoms with van der Waals surface area (Å²) in [5.41, 5.74) is 8.36. The lowest BCUT2D eigenvalue weighted by atomic mass is 9.97. The predicted molar refractivity (Wildman–Crippen MR) is 81.3 cm³/mol. The molecule has 0 aliphatic carbocycles. The molecule has 1 aliphatic rings. The SMILES string of the molecule is COc1cc(C)c(CN2CCCC(CN)C2)cc1OC. The summed E-state index contributed by atoms with van der Waals surface area (Å²) in [6.07, 6.45) is 2.51. The molecule has 0 saturated carbocycles.